The van der Waals surface area contributed by atoms with Crippen LogP contribution in [0.4, 0.5) is 11.4 Å². The molecule has 4 bridgehead atoms. The van der Waals surface area contributed by atoms with Gasteiger partial charge in [0.25, 0.3) is 0 Å². The van der Waals surface area contributed by atoms with Crippen LogP contribution in [0.3, 0.4) is 0 Å². The van der Waals surface area contributed by atoms with E-state index in [0.717, 1.165) is 27.9 Å². The van der Waals surface area contributed by atoms with Gasteiger partial charge >= 0.3 is 0 Å². The van der Waals surface area contributed by atoms with Gasteiger partial charge in [0.15, 0.2) is 0 Å². The molecule has 0 aromatic heterocycles. The van der Waals surface area contributed by atoms with Crippen LogP contribution in [0.1, 0.15) is 28.2 Å². The van der Waals surface area contributed by atoms with Crippen molar-refractivity contribution in [3.8, 4) is 0 Å². The molecule has 0 unspecified atom stereocenters. The second-order valence-corrected chi connectivity index (χ2v) is 10.0. The highest BCUT2D eigenvalue weighted by molar-refractivity contribution is 6.36. The Hall–Kier alpha value is -4.02. The van der Waals surface area contributed by atoms with Crippen molar-refractivity contribution in [2.45, 2.75) is 11.3 Å². The number of rotatable bonds is 3. The minimum Gasteiger partial charge on any atom is -0.274 e. The molecule has 0 saturated carbocycles. The molecule has 4 aromatic rings. The molecule has 0 radical (unpaired) electrons. The van der Waals surface area contributed by atoms with Gasteiger partial charge in [-0.2, -0.15) is 0 Å². The maximum absolute atomic E-state index is 14.4. The normalized spacial score (nSPS) is 25.7. The SMILES string of the molecule is O=C1[C@@H]2[C@H]3c4ccc(cc4)[C@@](C=Nc4ccccc4)(c4ccccc43)[C@H]2C(=O)N1c1ccccc1Cl. The van der Waals surface area contributed by atoms with Crippen molar-refractivity contribution in [3.05, 3.63) is 130 Å². The molecule has 1 saturated heterocycles. The van der Waals surface area contributed by atoms with Gasteiger partial charge in [-0.1, -0.05) is 90.5 Å². The van der Waals surface area contributed by atoms with Gasteiger partial charge in [-0.15, -0.1) is 0 Å². The third-order valence-electron chi connectivity index (χ3n) is 7.96. The molecule has 0 N–H and O–H groups in total. The average molecular weight is 489 g/mol. The van der Waals surface area contributed by atoms with Crippen LogP contribution in [0.5, 0.6) is 0 Å². The number of amides is 2. The quantitative estimate of drug-likeness (QED) is 0.251. The monoisotopic (exact) mass is 488 g/mol. The van der Waals surface area contributed by atoms with Crippen molar-refractivity contribution in [1.29, 1.82) is 0 Å². The van der Waals surface area contributed by atoms with Gasteiger partial charge < -0.3 is 0 Å². The molecule has 4 nitrogen and oxygen atoms in total. The standard InChI is InChI=1S/C31H21ClN2O2/c32-24-12-6-7-13-25(24)34-29(35)27-26-19-14-16-20(17-15-19)31(28(27)30(34)36,23-11-5-4-10-22(23)26)18-33-21-8-2-1-3-9-21/h1-18,26-28H/t26-,27+,28+,31-/m0/s1. The van der Waals surface area contributed by atoms with Crippen LogP contribution in [-0.4, -0.2) is 18.0 Å². The summed E-state index contributed by atoms with van der Waals surface area (Å²) in [5.41, 5.74) is 4.41. The van der Waals surface area contributed by atoms with Crippen LogP contribution >= 0.6 is 11.6 Å². The van der Waals surface area contributed by atoms with Crippen LogP contribution in [0.25, 0.3) is 0 Å². The lowest BCUT2D eigenvalue weighted by atomic mass is 9.52. The number of hydrogen-bond acceptors (Lipinski definition) is 3. The summed E-state index contributed by atoms with van der Waals surface area (Å²) >= 11 is 6.51. The Bertz CT molecular complexity index is 1560. The maximum Gasteiger partial charge on any atom is 0.239 e. The highest BCUT2D eigenvalue weighted by Gasteiger charge is 2.65. The lowest BCUT2D eigenvalue weighted by Gasteiger charge is -2.48. The van der Waals surface area contributed by atoms with Crippen LogP contribution in [0.2, 0.25) is 5.02 Å². The molecule has 5 heteroatoms. The molecule has 4 atom stereocenters. The van der Waals surface area contributed by atoms with E-state index >= 15 is 0 Å². The first-order chi connectivity index (χ1) is 17.6. The van der Waals surface area contributed by atoms with Gasteiger partial charge in [-0.05, 0) is 46.5 Å². The summed E-state index contributed by atoms with van der Waals surface area (Å²) in [5.74, 6) is -1.89. The summed E-state index contributed by atoms with van der Waals surface area (Å²) in [6, 6.07) is 33.3. The molecular weight excluding hydrogens is 468 g/mol. The largest absolute Gasteiger partial charge is 0.274 e. The van der Waals surface area contributed by atoms with Crippen molar-refractivity contribution in [3.63, 3.8) is 0 Å². The van der Waals surface area contributed by atoms with Gasteiger partial charge in [-0.3, -0.25) is 14.6 Å². The predicted molar refractivity (Wildman–Crippen MR) is 141 cm³/mol. The molecular formula is C31H21ClN2O2. The summed E-state index contributed by atoms with van der Waals surface area (Å²) in [7, 11) is 0. The predicted octanol–water partition coefficient (Wildman–Crippen LogP) is 6.29. The van der Waals surface area contributed by atoms with E-state index in [-0.39, 0.29) is 17.7 Å². The number of aliphatic imine (C=N–C) groups is 1. The minimum absolute atomic E-state index is 0.211. The van der Waals surface area contributed by atoms with E-state index in [1.807, 2.05) is 48.7 Å². The summed E-state index contributed by atoms with van der Waals surface area (Å²) in [6.45, 7) is 0. The number of para-hydroxylation sites is 2. The van der Waals surface area contributed by atoms with Crippen molar-refractivity contribution < 1.29 is 9.59 Å². The Kier molecular flexibility index (Phi) is 4.57. The molecule has 174 valence electrons. The first-order valence-corrected chi connectivity index (χ1v) is 12.4. The molecule has 36 heavy (non-hydrogen) atoms. The van der Waals surface area contributed by atoms with Crippen LogP contribution in [0.15, 0.2) is 108 Å². The van der Waals surface area contributed by atoms with E-state index in [1.54, 1.807) is 24.3 Å². The minimum atomic E-state index is -0.907. The first kappa shape index (κ1) is 21.3. The molecule has 2 amide bonds. The molecule has 1 fully saturated rings. The van der Waals surface area contributed by atoms with Crippen LogP contribution in [-0.2, 0) is 15.0 Å². The summed E-state index contributed by atoms with van der Waals surface area (Å²) in [5, 5.41) is 0.380. The fraction of sp³-hybridized carbons (Fsp3) is 0.129. The van der Waals surface area contributed by atoms with Crippen molar-refractivity contribution in [1.82, 2.24) is 0 Å². The Morgan fingerprint density at radius 2 is 1.47 bits per heavy atom. The van der Waals surface area contributed by atoms with Crippen molar-refractivity contribution in [2.75, 3.05) is 4.90 Å². The smallest absolute Gasteiger partial charge is 0.239 e. The zero-order valence-corrected chi connectivity index (χ0v) is 20.0. The summed E-state index contributed by atoms with van der Waals surface area (Å²) in [6.07, 6.45) is 1.90. The fourth-order valence-corrected chi connectivity index (χ4v) is 6.71. The van der Waals surface area contributed by atoms with Gasteiger partial charge in [-0.25, -0.2) is 4.90 Å². The molecule has 10 rings (SSSR count). The summed E-state index contributed by atoms with van der Waals surface area (Å²) in [4.78, 5) is 34.8. The zero-order valence-electron chi connectivity index (χ0n) is 19.2. The van der Waals surface area contributed by atoms with Gasteiger partial charge in [0.2, 0.25) is 11.8 Å². The average Bonchev–Trinajstić information content (AvgIpc) is 3.16. The van der Waals surface area contributed by atoms with Crippen LogP contribution < -0.4 is 4.90 Å². The van der Waals surface area contributed by atoms with E-state index in [1.165, 1.54) is 4.90 Å². The molecule has 6 aliphatic rings. The van der Waals surface area contributed by atoms with E-state index in [9.17, 15) is 9.59 Å². The topological polar surface area (TPSA) is 49.7 Å². The van der Waals surface area contributed by atoms with Crippen molar-refractivity contribution in [2.24, 2.45) is 16.8 Å². The van der Waals surface area contributed by atoms with E-state index in [2.05, 4.69) is 36.4 Å². The number of benzene rings is 4. The third-order valence-corrected chi connectivity index (χ3v) is 8.28. The maximum atomic E-state index is 14.4. The molecule has 1 aliphatic heterocycles. The number of carbonyl (C=O) groups is 2. The number of imide groups is 1. The number of halogens is 1. The van der Waals surface area contributed by atoms with Gasteiger partial charge in [0, 0.05) is 12.1 Å². The molecule has 4 aromatic carbocycles. The summed E-state index contributed by atoms with van der Waals surface area (Å²) < 4.78 is 0. The Morgan fingerprint density at radius 1 is 0.778 bits per heavy atom. The Balaban J connectivity index is 1.53. The van der Waals surface area contributed by atoms with E-state index in [0.29, 0.717) is 10.7 Å². The highest BCUT2D eigenvalue weighted by atomic mass is 35.5. The first-order valence-electron chi connectivity index (χ1n) is 12.0. The van der Waals surface area contributed by atoms with Crippen LogP contribution in [0, 0.1) is 11.8 Å². The van der Waals surface area contributed by atoms with E-state index in [4.69, 9.17) is 16.6 Å². The third kappa shape index (κ3) is 2.73. The second-order valence-electron chi connectivity index (χ2n) is 9.62. The lowest BCUT2D eigenvalue weighted by molar-refractivity contribution is -0.122. The fourth-order valence-electron chi connectivity index (χ4n) is 6.49. The number of anilines is 1. The van der Waals surface area contributed by atoms with Crippen molar-refractivity contribution >= 4 is 41.0 Å². The van der Waals surface area contributed by atoms with Gasteiger partial charge in [0.05, 0.1) is 33.6 Å². The number of nitrogens with zero attached hydrogens (tertiary/aromatic N) is 2. The van der Waals surface area contributed by atoms with E-state index < -0.39 is 17.3 Å². The number of hydrogen-bond donors (Lipinski definition) is 0. The Labute approximate surface area is 213 Å². The van der Waals surface area contributed by atoms with Gasteiger partial charge in [0.1, 0.15) is 0 Å². The Morgan fingerprint density at radius 3 is 2.25 bits per heavy atom. The highest BCUT2D eigenvalue weighted by Crippen LogP contribution is 2.60. The molecule has 0 spiro atoms. The lowest BCUT2D eigenvalue weighted by Crippen LogP contribution is -2.51. The molecule has 1 heterocycles. The second kappa shape index (κ2) is 7.74. The molecule has 5 aliphatic carbocycles. The zero-order chi connectivity index (χ0) is 24.4. The number of carbonyl (C=O) groups excluding carboxylic acids is 2.